The smallest absolute Gasteiger partial charge is 0.237 e. The first-order valence-electron chi connectivity index (χ1n) is 9.66. The highest BCUT2D eigenvalue weighted by molar-refractivity contribution is 8.00. The Morgan fingerprint density at radius 1 is 1.00 bits per heavy atom. The van der Waals surface area contributed by atoms with E-state index in [9.17, 15) is 9.59 Å². The van der Waals surface area contributed by atoms with Gasteiger partial charge in [-0.1, -0.05) is 54.9 Å². The molecule has 2 atom stereocenters. The van der Waals surface area contributed by atoms with Gasteiger partial charge in [0.25, 0.3) is 0 Å². The van der Waals surface area contributed by atoms with E-state index < -0.39 is 0 Å². The summed E-state index contributed by atoms with van der Waals surface area (Å²) in [5, 5.41) is 0. The zero-order valence-electron chi connectivity index (χ0n) is 15.3. The van der Waals surface area contributed by atoms with Gasteiger partial charge in [0.15, 0.2) is 4.34 Å². The molecule has 1 saturated heterocycles. The maximum atomic E-state index is 12.8. The van der Waals surface area contributed by atoms with Crippen LogP contribution in [0.25, 0.3) is 10.2 Å². The molecule has 2 amide bonds. The average Bonchev–Trinajstić information content (AvgIpc) is 3.25. The highest BCUT2D eigenvalue weighted by atomic mass is 32.2. The van der Waals surface area contributed by atoms with Crippen LogP contribution in [0.3, 0.4) is 0 Å². The average molecular weight is 409 g/mol. The fourth-order valence-corrected chi connectivity index (χ4v) is 6.29. The van der Waals surface area contributed by atoms with E-state index in [0.717, 1.165) is 46.0 Å². The Kier molecular flexibility index (Phi) is 4.69. The van der Waals surface area contributed by atoms with Crippen molar-refractivity contribution in [1.82, 2.24) is 4.98 Å². The van der Waals surface area contributed by atoms with Crippen molar-refractivity contribution in [2.75, 3.05) is 4.90 Å². The minimum atomic E-state index is -0.115. The zero-order chi connectivity index (χ0) is 19.1. The van der Waals surface area contributed by atoms with Gasteiger partial charge < -0.3 is 0 Å². The van der Waals surface area contributed by atoms with E-state index in [1.54, 1.807) is 23.1 Å². The third kappa shape index (κ3) is 3.14. The number of hydrogen-bond acceptors (Lipinski definition) is 5. The molecule has 0 unspecified atom stereocenters. The number of rotatable bonds is 4. The third-order valence-corrected chi connectivity index (χ3v) is 7.89. The summed E-state index contributed by atoms with van der Waals surface area (Å²) >= 11 is 3.33. The van der Waals surface area contributed by atoms with Crippen molar-refractivity contribution >= 4 is 50.8 Å². The molecule has 1 saturated carbocycles. The minimum Gasteiger partial charge on any atom is -0.274 e. The maximum Gasteiger partial charge on any atom is 0.237 e. The van der Waals surface area contributed by atoms with E-state index in [0.29, 0.717) is 5.69 Å². The van der Waals surface area contributed by atoms with Crippen molar-refractivity contribution in [3.05, 3.63) is 54.1 Å². The molecule has 2 heterocycles. The molecule has 0 radical (unpaired) electrons. The number of nitrogens with zero attached hydrogens (tertiary/aromatic N) is 2. The normalized spacial score (nSPS) is 22.1. The van der Waals surface area contributed by atoms with E-state index in [1.807, 2.05) is 36.4 Å². The second kappa shape index (κ2) is 7.33. The molecule has 0 spiro atoms. The van der Waals surface area contributed by atoms with Gasteiger partial charge in [-0.15, -0.1) is 11.3 Å². The largest absolute Gasteiger partial charge is 0.274 e. The fraction of sp³-hybridized carbons (Fsp3) is 0.318. The predicted molar refractivity (Wildman–Crippen MR) is 114 cm³/mol. The third-order valence-electron chi connectivity index (χ3n) is 5.66. The van der Waals surface area contributed by atoms with Crippen LogP contribution in [-0.2, 0) is 15.3 Å². The molecule has 5 rings (SSSR count). The lowest BCUT2D eigenvalue weighted by molar-refractivity contribution is -0.122. The van der Waals surface area contributed by atoms with Gasteiger partial charge in [0.05, 0.1) is 27.7 Å². The number of thiazole rings is 1. The Balaban J connectivity index is 1.39. The van der Waals surface area contributed by atoms with Gasteiger partial charge in [0.2, 0.25) is 11.8 Å². The van der Waals surface area contributed by atoms with Crippen LogP contribution < -0.4 is 4.90 Å². The Bertz CT molecular complexity index is 1020. The van der Waals surface area contributed by atoms with Crippen molar-refractivity contribution in [1.29, 1.82) is 0 Å². The van der Waals surface area contributed by atoms with Gasteiger partial charge in [0, 0.05) is 5.75 Å². The number of benzene rings is 2. The highest BCUT2D eigenvalue weighted by Crippen LogP contribution is 2.41. The van der Waals surface area contributed by atoms with E-state index in [4.69, 9.17) is 4.98 Å². The summed E-state index contributed by atoms with van der Waals surface area (Å²) in [6.45, 7) is 0. The summed E-state index contributed by atoms with van der Waals surface area (Å²) in [6, 6.07) is 16.1. The lowest BCUT2D eigenvalue weighted by atomic mass is 9.81. The first-order valence-corrected chi connectivity index (χ1v) is 11.5. The van der Waals surface area contributed by atoms with Crippen molar-refractivity contribution in [3.8, 4) is 0 Å². The molecule has 0 bridgehead atoms. The molecule has 142 valence electrons. The second-order valence-electron chi connectivity index (χ2n) is 7.42. The first-order chi connectivity index (χ1) is 13.7. The van der Waals surface area contributed by atoms with E-state index in [-0.39, 0.29) is 23.7 Å². The molecule has 1 aliphatic carbocycles. The van der Waals surface area contributed by atoms with Gasteiger partial charge in [-0.25, -0.2) is 4.98 Å². The SMILES string of the molecule is O=C1[C@@H]2CCCC[C@H]2C(=O)N1c1ccc2nc(SCc3ccccc3)sc2c1. The first kappa shape index (κ1) is 17.9. The highest BCUT2D eigenvalue weighted by Gasteiger charge is 2.48. The molecule has 2 fully saturated rings. The van der Waals surface area contributed by atoms with Crippen LogP contribution >= 0.6 is 23.1 Å². The van der Waals surface area contributed by atoms with Crippen LogP contribution in [0.4, 0.5) is 5.69 Å². The number of imide groups is 1. The summed E-state index contributed by atoms with van der Waals surface area (Å²) < 4.78 is 2.02. The molecule has 2 aliphatic rings. The van der Waals surface area contributed by atoms with Crippen LogP contribution in [0.1, 0.15) is 31.2 Å². The maximum absolute atomic E-state index is 12.8. The van der Waals surface area contributed by atoms with Crippen molar-refractivity contribution in [2.24, 2.45) is 11.8 Å². The molecule has 0 N–H and O–H groups in total. The Hall–Kier alpha value is -2.18. The summed E-state index contributed by atoms with van der Waals surface area (Å²) in [4.78, 5) is 31.8. The summed E-state index contributed by atoms with van der Waals surface area (Å²) in [6.07, 6.45) is 3.78. The van der Waals surface area contributed by atoms with Gasteiger partial charge in [-0.3, -0.25) is 14.5 Å². The summed E-state index contributed by atoms with van der Waals surface area (Å²) in [5.74, 6) is 0.611. The van der Waals surface area contributed by atoms with Gasteiger partial charge >= 0.3 is 0 Å². The Morgan fingerprint density at radius 3 is 2.43 bits per heavy atom. The molecule has 1 aliphatic heterocycles. The molecular formula is C22H20N2O2S2. The quantitative estimate of drug-likeness (QED) is 0.436. The lowest BCUT2D eigenvalue weighted by Crippen LogP contribution is -2.30. The summed E-state index contributed by atoms with van der Waals surface area (Å²) in [5.41, 5.74) is 2.88. The number of amides is 2. The molecular weight excluding hydrogens is 388 g/mol. The van der Waals surface area contributed by atoms with Crippen molar-refractivity contribution < 1.29 is 9.59 Å². The van der Waals surface area contributed by atoms with Crippen LogP contribution in [0.15, 0.2) is 52.9 Å². The standard InChI is InChI=1S/C22H20N2O2S2/c25-20-16-8-4-5-9-17(16)21(26)24(20)15-10-11-18-19(12-15)28-22(23-18)27-13-14-6-2-1-3-7-14/h1-3,6-7,10-12,16-17H,4-5,8-9,13H2/t16-,17-/m1/s1. The number of carbonyl (C=O) groups is 2. The van der Waals surface area contributed by atoms with Crippen LogP contribution in [0.5, 0.6) is 0 Å². The van der Waals surface area contributed by atoms with E-state index in [1.165, 1.54) is 10.5 Å². The van der Waals surface area contributed by atoms with Gasteiger partial charge in [0.1, 0.15) is 0 Å². The number of aromatic nitrogens is 1. The van der Waals surface area contributed by atoms with E-state index >= 15 is 0 Å². The zero-order valence-corrected chi connectivity index (χ0v) is 17.0. The minimum absolute atomic E-state index is 0.0164. The van der Waals surface area contributed by atoms with Crippen LogP contribution in [0, 0.1) is 11.8 Å². The predicted octanol–water partition coefficient (Wildman–Crippen LogP) is 5.27. The van der Waals surface area contributed by atoms with Crippen molar-refractivity contribution in [3.63, 3.8) is 0 Å². The molecule has 6 heteroatoms. The number of carbonyl (C=O) groups excluding carboxylic acids is 2. The lowest BCUT2D eigenvalue weighted by Gasteiger charge is -2.19. The monoisotopic (exact) mass is 408 g/mol. The van der Waals surface area contributed by atoms with Gasteiger partial charge in [-0.05, 0) is 36.6 Å². The van der Waals surface area contributed by atoms with Crippen molar-refractivity contribution in [2.45, 2.75) is 35.8 Å². The number of hydrogen-bond donors (Lipinski definition) is 0. The fourth-order valence-electron chi connectivity index (χ4n) is 4.23. The molecule has 1 aromatic heterocycles. The van der Waals surface area contributed by atoms with Crippen LogP contribution in [-0.4, -0.2) is 16.8 Å². The van der Waals surface area contributed by atoms with Crippen LogP contribution in [0.2, 0.25) is 0 Å². The second-order valence-corrected chi connectivity index (χ2v) is 9.67. The molecule has 2 aromatic carbocycles. The Labute approximate surface area is 172 Å². The molecule has 28 heavy (non-hydrogen) atoms. The number of fused-ring (bicyclic) bond motifs is 2. The van der Waals surface area contributed by atoms with Gasteiger partial charge in [-0.2, -0.15) is 0 Å². The Morgan fingerprint density at radius 2 is 1.71 bits per heavy atom. The molecule has 4 nitrogen and oxygen atoms in total. The van der Waals surface area contributed by atoms with E-state index in [2.05, 4.69) is 12.1 Å². The number of anilines is 1. The number of thioether (sulfide) groups is 1. The topological polar surface area (TPSA) is 50.3 Å². The summed E-state index contributed by atoms with van der Waals surface area (Å²) in [7, 11) is 0. The molecule has 3 aromatic rings.